The van der Waals surface area contributed by atoms with Crippen LogP contribution in [0.15, 0.2) is 97.3 Å². The zero-order valence-electron chi connectivity index (χ0n) is 21.8. The van der Waals surface area contributed by atoms with E-state index < -0.39 is 29.7 Å². The number of hydrogen-bond donors (Lipinski definition) is 2. The smallest absolute Gasteiger partial charge is 0.416 e. The summed E-state index contributed by atoms with van der Waals surface area (Å²) in [5, 5.41) is 12.9. The number of carbonyl (C=O) groups is 2. The molecule has 0 saturated heterocycles. The van der Waals surface area contributed by atoms with Gasteiger partial charge in [-0.25, -0.2) is 9.78 Å². The molecule has 0 aliphatic heterocycles. The Morgan fingerprint density at radius 3 is 2.24 bits per heavy atom. The van der Waals surface area contributed by atoms with E-state index in [-0.39, 0.29) is 18.7 Å². The molecule has 0 radical (unpaired) electrons. The van der Waals surface area contributed by atoms with Gasteiger partial charge in [-0.3, -0.25) is 4.79 Å². The predicted octanol–water partition coefficient (Wildman–Crippen LogP) is 6.68. The largest absolute Gasteiger partial charge is 0.489 e. The number of pyridine rings is 1. The molecule has 2 N–H and O–H groups in total. The first-order valence-corrected chi connectivity index (χ1v) is 13.1. The van der Waals surface area contributed by atoms with E-state index in [0.29, 0.717) is 27.5 Å². The van der Waals surface area contributed by atoms with Crippen molar-refractivity contribution in [3.63, 3.8) is 0 Å². The Morgan fingerprint density at radius 2 is 1.60 bits per heavy atom. The second kappa shape index (κ2) is 12.0. The summed E-state index contributed by atoms with van der Waals surface area (Å²) in [4.78, 5) is 29.2. The van der Waals surface area contributed by atoms with E-state index in [9.17, 15) is 27.9 Å². The molecule has 0 aliphatic carbocycles. The van der Waals surface area contributed by atoms with Crippen LogP contribution in [0.1, 0.15) is 27.2 Å². The fourth-order valence-corrected chi connectivity index (χ4v) is 4.39. The number of ether oxygens (including phenoxy) is 1. The highest BCUT2D eigenvalue weighted by Crippen LogP contribution is 2.29. The van der Waals surface area contributed by atoms with Gasteiger partial charge < -0.3 is 19.6 Å². The predicted molar refractivity (Wildman–Crippen MR) is 150 cm³/mol. The number of carboxylic acid groups (broad SMARTS) is 1. The molecule has 0 saturated carbocycles. The molecule has 1 amide bonds. The van der Waals surface area contributed by atoms with Gasteiger partial charge in [0, 0.05) is 23.8 Å². The Labute approximate surface area is 243 Å². The Morgan fingerprint density at radius 1 is 0.929 bits per heavy atom. The average molecular weight is 594 g/mol. The minimum absolute atomic E-state index is 0.00828. The van der Waals surface area contributed by atoms with Crippen molar-refractivity contribution < 1.29 is 32.6 Å². The Balaban J connectivity index is 1.20. The van der Waals surface area contributed by atoms with Crippen molar-refractivity contribution in [2.75, 3.05) is 0 Å². The van der Waals surface area contributed by atoms with Gasteiger partial charge in [0.2, 0.25) is 0 Å². The van der Waals surface area contributed by atoms with Gasteiger partial charge in [-0.05, 0) is 70.8 Å². The second-order valence-corrected chi connectivity index (χ2v) is 9.95. The van der Waals surface area contributed by atoms with Crippen LogP contribution in [0, 0.1) is 0 Å². The molecule has 0 spiro atoms. The molecule has 42 heavy (non-hydrogen) atoms. The maximum Gasteiger partial charge on any atom is 0.416 e. The minimum Gasteiger partial charge on any atom is -0.489 e. The van der Waals surface area contributed by atoms with Crippen molar-refractivity contribution >= 4 is 29.1 Å². The Bertz CT molecular complexity index is 1720. The number of hydrogen-bond acceptors (Lipinski definition) is 4. The Kier molecular flexibility index (Phi) is 8.17. The van der Waals surface area contributed by atoms with E-state index in [1.165, 1.54) is 18.3 Å². The molecule has 0 aliphatic rings. The number of fused-ring (bicyclic) bond motifs is 1. The molecule has 11 heteroatoms. The highest BCUT2D eigenvalue weighted by atomic mass is 35.5. The molecule has 2 aromatic heterocycles. The molecule has 7 nitrogen and oxygen atoms in total. The highest BCUT2D eigenvalue weighted by molar-refractivity contribution is 6.30. The summed E-state index contributed by atoms with van der Waals surface area (Å²) < 4.78 is 45.5. The summed E-state index contributed by atoms with van der Waals surface area (Å²) in [6, 6.07) is 21.0. The molecule has 5 aromatic rings. The molecule has 5 rings (SSSR count). The van der Waals surface area contributed by atoms with Crippen LogP contribution >= 0.6 is 11.6 Å². The number of halogens is 4. The zero-order valence-corrected chi connectivity index (χ0v) is 22.6. The first kappa shape index (κ1) is 28.7. The lowest BCUT2D eigenvalue weighted by atomic mass is 10.1. The SMILES string of the molecule is O=C(N[C@@H](Cc1ccc(OCc2ccc(C(F)(F)F)cc2)cc1)C(=O)O)c1cn2ccc(-c3ccc(Cl)cc3)cc2n1. The number of nitrogens with zero attached hydrogens (tertiary/aromatic N) is 2. The Hall–Kier alpha value is -4.83. The molecule has 0 fully saturated rings. The number of carboxylic acids is 1. The van der Waals surface area contributed by atoms with Crippen LogP contribution in [0.4, 0.5) is 13.2 Å². The molecule has 214 valence electrons. The van der Waals surface area contributed by atoms with E-state index in [0.717, 1.165) is 23.3 Å². The quantitative estimate of drug-likeness (QED) is 0.199. The summed E-state index contributed by atoms with van der Waals surface area (Å²) in [5.41, 5.74) is 2.86. The lowest BCUT2D eigenvalue weighted by Crippen LogP contribution is -2.42. The van der Waals surface area contributed by atoms with Crippen LogP contribution in [0.5, 0.6) is 5.75 Å². The lowest BCUT2D eigenvalue weighted by molar-refractivity contribution is -0.139. The number of rotatable bonds is 9. The topological polar surface area (TPSA) is 92.9 Å². The molecular formula is C31H23ClF3N3O4. The standard InChI is InChI=1S/C31H23ClF3N3O4/c32-24-9-5-21(6-10-24)22-13-14-38-17-27(36-28(38)16-22)29(39)37-26(30(40)41)15-19-3-11-25(12-4-19)42-18-20-1-7-23(8-2-20)31(33,34)35/h1-14,16-17,26H,15,18H2,(H,37,39)(H,40,41)/t26-/m0/s1. The third-order valence-corrected chi connectivity index (χ3v) is 6.78. The third-order valence-electron chi connectivity index (χ3n) is 6.52. The lowest BCUT2D eigenvalue weighted by Gasteiger charge is -2.14. The first-order chi connectivity index (χ1) is 20.0. The number of imidazole rings is 1. The van der Waals surface area contributed by atoms with Gasteiger partial charge in [0.25, 0.3) is 5.91 Å². The maximum atomic E-state index is 12.9. The normalized spacial score (nSPS) is 12.2. The van der Waals surface area contributed by atoms with Crippen molar-refractivity contribution in [1.29, 1.82) is 0 Å². The van der Waals surface area contributed by atoms with Crippen LogP contribution in [0.25, 0.3) is 16.8 Å². The summed E-state index contributed by atoms with van der Waals surface area (Å²) >= 11 is 5.97. The van der Waals surface area contributed by atoms with Gasteiger partial charge in [-0.2, -0.15) is 13.2 Å². The summed E-state index contributed by atoms with van der Waals surface area (Å²) in [6.45, 7) is 0.0610. The van der Waals surface area contributed by atoms with Gasteiger partial charge in [-0.1, -0.05) is 48.0 Å². The van der Waals surface area contributed by atoms with Gasteiger partial charge in [0.15, 0.2) is 0 Å². The summed E-state index contributed by atoms with van der Waals surface area (Å²) in [7, 11) is 0. The van der Waals surface area contributed by atoms with E-state index in [2.05, 4.69) is 10.3 Å². The molecule has 3 aromatic carbocycles. The van der Waals surface area contributed by atoms with Gasteiger partial charge in [0.05, 0.1) is 5.56 Å². The van der Waals surface area contributed by atoms with E-state index in [1.807, 2.05) is 24.3 Å². The minimum atomic E-state index is -4.40. The van der Waals surface area contributed by atoms with E-state index in [1.54, 1.807) is 47.0 Å². The molecule has 0 bridgehead atoms. The van der Waals surface area contributed by atoms with Crippen LogP contribution in [-0.2, 0) is 24.0 Å². The van der Waals surface area contributed by atoms with Crippen molar-refractivity contribution in [1.82, 2.24) is 14.7 Å². The van der Waals surface area contributed by atoms with E-state index in [4.69, 9.17) is 16.3 Å². The second-order valence-electron chi connectivity index (χ2n) is 9.51. The molecule has 1 atom stereocenters. The van der Waals surface area contributed by atoms with Crippen LogP contribution in [-0.4, -0.2) is 32.4 Å². The fourth-order valence-electron chi connectivity index (χ4n) is 4.26. The number of alkyl halides is 3. The number of nitrogens with one attached hydrogen (secondary N) is 1. The third kappa shape index (κ3) is 6.90. The van der Waals surface area contributed by atoms with Gasteiger partial charge in [0.1, 0.15) is 29.7 Å². The van der Waals surface area contributed by atoms with Crippen molar-refractivity contribution in [3.8, 4) is 16.9 Å². The fraction of sp³-hybridized carbons (Fsp3) is 0.129. The first-order valence-electron chi connectivity index (χ1n) is 12.7. The molecule has 2 heterocycles. The van der Waals surface area contributed by atoms with Gasteiger partial charge >= 0.3 is 12.1 Å². The number of amides is 1. The zero-order chi connectivity index (χ0) is 29.9. The van der Waals surface area contributed by atoms with Gasteiger partial charge in [-0.15, -0.1) is 0 Å². The summed E-state index contributed by atoms with van der Waals surface area (Å²) in [6.07, 6.45) is -1.11. The highest BCUT2D eigenvalue weighted by Gasteiger charge is 2.30. The van der Waals surface area contributed by atoms with E-state index >= 15 is 0 Å². The monoisotopic (exact) mass is 593 g/mol. The van der Waals surface area contributed by atoms with Crippen molar-refractivity contribution in [3.05, 3.63) is 125 Å². The maximum absolute atomic E-state index is 12.9. The van der Waals surface area contributed by atoms with Crippen molar-refractivity contribution in [2.24, 2.45) is 0 Å². The van der Waals surface area contributed by atoms with Crippen LogP contribution in [0.2, 0.25) is 5.02 Å². The number of aliphatic carboxylic acids is 1. The number of aromatic nitrogens is 2. The molecular weight excluding hydrogens is 571 g/mol. The molecule has 0 unspecified atom stereocenters. The van der Waals surface area contributed by atoms with Crippen LogP contribution < -0.4 is 10.1 Å². The van der Waals surface area contributed by atoms with Crippen molar-refractivity contribution in [2.45, 2.75) is 25.2 Å². The number of benzene rings is 3. The van der Waals surface area contributed by atoms with Crippen LogP contribution in [0.3, 0.4) is 0 Å². The number of carbonyl (C=O) groups excluding carboxylic acids is 1. The average Bonchev–Trinajstić information content (AvgIpc) is 3.40. The summed E-state index contributed by atoms with van der Waals surface area (Å²) in [5.74, 6) is -1.38.